The van der Waals surface area contributed by atoms with E-state index < -0.39 is 6.23 Å². The number of rotatable bonds is 7. The molecule has 3 aromatic rings. The zero-order chi connectivity index (χ0) is 24.9. The Morgan fingerprint density at radius 2 is 1.97 bits per heavy atom. The molecule has 2 heterocycles. The van der Waals surface area contributed by atoms with Crippen LogP contribution in [0.3, 0.4) is 0 Å². The summed E-state index contributed by atoms with van der Waals surface area (Å²) >= 11 is 1.55. The molecule has 0 fully saturated rings. The molecule has 7 nitrogen and oxygen atoms in total. The van der Waals surface area contributed by atoms with E-state index in [1.54, 1.807) is 28.8 Å². The average Bonchev–Trinajstić information content (AvgIpc) is 2.98. The number of hydrogen-bond acceptors (Lipinski definition) is 7. The standard InChI is InChI=1S/C27H29N5O2S/c1-5-6-23(33)32-22-12-7-18(4)15-21(22)24-25(29-27(31-30-24)35-14-13-17(2)3)34-26(32)20-10-8-19(16-28)9-11-20/h7-12,15,17,26H,5-6,13-14H2,1-4H3. The van der Waals surface area contributed by atoms with Crippen LogP contribution in [-0.4, -0.2) is 26.8 Å². The molecule has 0 bridgehead atoms. The van der Waals surface area contributed by atoms with E-state index in [4.69, 9.17) is 9.72 Å². The normalized spacial score (nSPS) is 14.5. The molecule has 0 aliphatic carbocycles. The number of benzene rings is 2. The lowest BCUT2D eigenvalue weighted by molar-refractivity contribution is -0.120. The van der Waals surface area contributed by atoms with Crippen molar-refractivity contribution in [1.82, 2.24) is 15.2 Å². The first kappa shape index (κ1) is 24.7. The largest absolute Gasteiger partial charge is 0.447 e. The minimum Gasteiger partial charge on any atom is -0.447 e. The van der Waals surface area contributed by atoms with E-state index in [1.165, 1.54) is 0 Å². The first-order valence-corrected chi connectivity index (χ1v) is 12.9. The Kier molecular flexibility index (Phi) is 7.67. The van der Waals surface area contributed by atoms with Gasteiger partial charge in [0, 0.05) is 23.3 Å². The van der Waals surface area contributed by atoms with Crippen LogP contribution in [0.5, 0.6) is 5.88 Å². The van der Waals surface area contributed by atoms with E-state index in [-0.39, 0.29) is 5.91 Å². The topological polar surface area (TPSA) is 92.0 Å². The molecule has 8 heteroatoms. The van der Waals surface area contributed by atoms with Gasteiger partial charge < -0.3 is 4.74 Å². The summed E-state index contributed by atoms with van der Waals surface area (Å²) in [5.74, 6) is 1.76. The number of anilines is 1. The van der Waals surface area contributed by atoms with Crippen LogP contribution in [-0.2, 0) is 4.79 Å². The number of fused-ring (bicyclic) bond motifs is 3. The smallest absolute Gasteiger partial charge is 0.247 e. The number of aromatic nitrogens is 3. The Labute approximate surface area is 210 Å². The SMILES string of the molecule is CCCC(=O)N1c2ccc(C)cc2-c2nnc(SCCC(C)C)nc2OC1c1ccc(C#N)cc1. The Morgan fingerprint density at radius 3 is 2.66 bits per heavy atom. The van der Waals surface area contributed by atoms with Crippen LogP contribution in [0.25, 0.3) is 11.3 Å². The third kappa shape index (κ3) is 5.46. The zero-order valence-corrected chi connectivity index (χ0v) is 21.3. The highest BCUT2D eigenvalue weighted by Gasteiger charge is 2.35. The highest BCUT2D eigenvalue weighted by molar-refractivity contribution is 7.99. The first-order chi connectivity index (χ1) is 16.9. The van der Waals surface area contributed by atoms with E-state index in [9.17, 15) is 10.1 Å². The molecule has 180 valence electrons. The highest BCUT2D eigenvalue weighted by atomic mass is 32.2. The molecule has 1 amide bonds. The van der Waals surface area contributed by atoms with E-state index >= 15 is 0 Å². The molecule has 4 rings (SSSR count). The van der Waals surface area contributed by atoms with Gasteiger partial charge in [0.2, 0.25) is 23.2 Å². The summed E-state index contributed by atoms with van der Waals surface area (Å²) in [5, 5.41) is 18.7. The van der Waals surface area contributed by atoms with Gasteiger partial charge in [0.15, 0.2) is 5.69 Å². The van der Waals surface area contributed by atoms with Crippen LogP contribution in [0, 0.1) is 24.2 Å². The highest BCUT2D eigenvalue weighted by Crippen LogP contribution is 2.44. The molecule has 0 N–H and O–H groups in total. The summed E-state index contributed by atoms with van der Waals surface area (Å²) in [6.07, 6.45) is 1.36. The fraction of sp³-hybridized carbons (Fsp3) is 0.370. The predicted molar refractivity (Wildman–Crippen MR) is 137 cm³/mol. The Bertz CT molecular complexity index is 1250. The minimum absolute atomic E-state index is 0.0562. The van der Waals surface area contributed by atoms with Gasteiger partial charge in [0.25, 0.3) is 0 Å². The lowest BCUT2D eigenvalue weighted by Crippen LogP contribution is -2.37. The third-order valence-electron chi connectivity index (χ3n) is 5.74. The molecule has 2 aromatic carbocycles. The maximum atomic E-state index is 13.5. The molecular weight excluding hydrogens is 458 g/mol. The van der Waals surface area contributed by atoms with Gasteiger partial charge in [-0.3, -0.25) is 9.69 Å². The monoisotopic (exact) mass is 487 g/mol. The quantitative estimate of drug-likeness (QED) is 0.373. The van der Waals surface area contributed by atoms with Crippen LogP contribution in [0.1, 0.15) is 63.0 Å². The number of nitrogens with zero attached hydrogens (tertiary/aromatic N) is 5. The third-order valence-corrected chi connectivity index (χ3v) is 6.61. The average molecular weight is 488 g/mol. The number of carbonyl (C=O) groups excluding carboxylic acids is 1. The fourth-order valence-electron chi connectivity index (χ4n) is 3.87. The molecule has 0 saturated carbocycles. The van der Waals surface area contributed by atoms with E-state index in [2.05, 4.69) is 30.1 Å². The molecule has 0 saturated heterocycles. The van der Waals surface area contributed by atoms with Gasteiger partial charge in [0.1, 0.15) is 0 Å². The number of nitriles is 1. The Morgan fingerprint density at radius 1 is 1.20 bits per heavy atom. The second-order valence-electron chi connectivity index (χ2n) is 9.02. The number of ether oxygens (including phenoxy) is 1. The summed E-state index contributed by atoms with van der Waals surface area (Å²) in [6.45, 7) is 8.34. The van der Waals surface area contributed by atoms with Crippen molar-refractivity contribution in [3.8, 4) is 23.2 Å². The van der Waals surface area contributed by atoms with Crippen molar-refractivity contribution in [2.45, 2.75) is 58.3 Å². The molecule has 35 heavy (non-hydrogen) atoms. The van der Waals surface area contributed by atoms with Crippen LogP contribution in [0.15, 0.2) is 47.6 Å². The maximum absolute atomic E-state index is 13.5. The predicted octanol–water partition coefficient (Wildman–Crippen LogP) is 6.08. The van der Waals surface area contributed by atoms with E-state index in [1.807, 2.05) is 44.2 Å². The summed E-state index contributed by atoms with van der Waals surface area (Å²) in [6, 6.07) is 15.1. The lowest BCUT2D eigenvalue weighted by atomic mass is 10.0. The summed E-state index contributed by atoms with van der Waals surface area (Å²) < 4.78 is 6.48. The Balaban J connectivity index is 1.85. The molecule has 1 unspecified atom stereocenters. The van der Waals surface area contributed by atoms with Gasteiger partial charge in [0.05, 0.1) is 17.3 Å². The van der Waals surface area contributed by atoms with Crippen molar-refractivity contribution in [2.24, 2.45) is 5.92 Å². The molecule has 1 aliphatic heterocycles. The van der Waals surface area contributed by atoms with Crippen molar-refractivity contribution in [2.75, 3.05) is 10.7 Å². The zero-order valence-electron chi connectivity index (χ0n) is 20.5. The number of carbonyl (C=O) groups is 1. The van der Waals surface area contributed by atoms with Gasteiger partial charge in [-0.2, -0.15) is 10.2 Å². The maximum Gasteiger partial charge on any atom is 0.247 e. The van der Waals surface area contributed by atoms with Crippen LogP contribution >= 0.6 is 11.8 Å². The summed E-state index contributed by atoms with van der Waals surface area (Å²) in [7, 11) is 0. The molecule has 0 spiro atoms. The van der Waals surface area contributed by atoms with E-state index in [0.717, 1.165) is 28.9 Å². The first-order valence-electron chi connectivity index (χ1n) is 11.9. The van der Waals surface area contributed by atoms with Crippen LogP contribution < -0.4 is 9.64 Å². The molecule has 1 atom stereocenters. The van der Waals surface area contributed by atoms with Crippen molar-refractivity contribution in [1.29, 1.82) is 5.26 Å². The van der Waals surface area contributed by atoms with E-state index in [0.29, 0.717) is 46.7 Å². The van der Waals surface area contributed by atoms with Crippen molar-refractivity contribution < 1.29 is 9.53 Å². The molecule has 1 aliphatic rings. The van der Waals surface area contributed by atoms with Gasteiger partial charge >= 0.3 is 0 Å². The van der Waals surface area contributed by atoms with Gasteiger partial charge in [-0.25, -0.2) is 0 Å². The number of thioether (sulfide) groups is 1. The van der Waals surface area contributed by atoms with Crippen LogP contribution in [0.4, 0.5) is 5.69 Å². The number of aryl methyl sites for hydroxylation is 1. The Hall–Kier alpha value is -3.44. The molecular formula is C27H29N5O2S. The van der Waals surface area contributed by atoms with Crippen LogP contribution in [0.2, 0.25) is 0 Å². The second-order valence-corrected chi connectivity index (χ2v) is 10.1. The van der Waals surface area contributed by atoms with Crippen molar-refractivity contribution >= 4 is 23.4 Å². The van der Waals surface area contributed by atoms with Crippen molar-refractivity contribution in [3.05, 3.63) is 59.2 Å². The second kappa shape index (κ2) is 10.9. The number of hydrogen-bond donors (Lipinski definition) is 0. The van der Waals surface area contributed by atoms with Gasteiger partial charge in [-0.05, 0) is 49.9 Å². The molecule has 1 aromatic heterocycles. The van der Waals surface area contributed by atoms with Crippen molar-refractivity contribution in [3.63, 3.8) is 0 Å². The summed E-state index contributed by atoms with van der Waals surface area (Å²) in [4.78, 5) is 19.9. The summed E-state index contributed by atoms with van der Waals surface area (Å²) in [5.41, 5.74) is 4.31. The van der Waals surface area contributed by atoms with Gasteiger partial charge in [-0.1, -0.05) is 56.3 Å². The minimum atomic E-state index is -0.755. The van der Waals surface area contributed by atoms with Gasteiger partial charge in [-0.15, -0.1) is 10.2 Å². The lowest BCUT2D eigenvalue weighted by Gasteiger charge is -2.31. The molecule has 0 radical (unpaired) electrons. The number of amides is 1. The fourth-order valence-corrected chi connectivity index (χ4v) is 4.89.